The number of anilines is 3. The minimum Gasteiger partial charge on any atom is -0.494 e. The van der Waals surface area contributed by atoms with E-state index in [9.17, 15) is 4.79 Å². The summed E-state index contributed by atoms with van der Waals surface area (Å²) in [6, 6.07) is 6.04. The number of piperazine rings is 1. The number of likely N-dealkylation sites (N-methyl/N-ethyl adjacent to an activating group) is 1. The minimum atomic E-state index is -0.216. The van der Waals surface area contributed by atoms with Gasteiger partial charge in [-0.15, -0.1) is 0 Å². The average Bonchev–Trinajstić information content (AvgIpc) is 2.72. The molecule has 0 spiro atoms. The monoisotopic (exact) mass is 381 g/mol. The number of rotatable bonds is 4. The number of fused-ring (bicyclic) bond motifs is 1. The van der Waals surface area contributed by atoms with Crippen molar-refractivity contribution >= 4 is 28.5 Å². The third-order valence-electron chi connectivity index (χ3n) is 5.01. The second kappa shape index (κ2) is 7.43. The van der Waals surface area contributed by atoms with E-state index >= 15 is 0 Å². The Morgan fingerprint density at radius 2 is 1.86 bits per heavy atom. The molecule has 0 radical (unpaired) electrons. The van der Waals surface area contributed by atoms with Crippen LogP contribution in [0.25, 0.3) is 11.2 Å². The molecule has 1 aliphatic rings. The van der Waals surface area contributed by atoms with E-state index in [0.717, 1.165) is 37.6 Å². The lowest BCUT2D eigenvalue weighted by Gasteiger charge is -2.34. The number of aryl methyl sites for hydroxylation is 1. The van der Waals surface area contributed by atoms with Gasteiger partial charge in [-0.05, 0) is 19.2 Å². The van der Waals surface area contributed by atoms with Crippen LogP contribution in [0.4, 0.5) is 17.3 Å². The summed E-state index contributed by atoms with van der Waals surface area (Å²) in [5.41, 5.74) is 2.70. The zero-order valence-corrected chi connectivity index (χ0v) is 16.2. The number of ether oxygens (including phenoxy) is 1. The highest BCUT2D eigenvalue weighted by molar-refractivity contribution is 5.73. The summed E-state index contributed by atoms with van der Waals surface area (Å²) in [5.74, 6) is 1.08. The Bertz CT molecular complexity index is 1060. The number of hydrogen-bond donors (Lipinski definition) is 1. The molecule has 2 aromatic heterocycles. The highest BCUT2D eigenvalue weighted by atomic mass is 16.5. The molecule has 1 saturated heterocycles. The van der Waals surface area contributed by atoms with E-state index in [-0.39, 0.29) is 5.56 Å². The van der Waals surface area contributed by atoms with Crippen LogP contribution in [0.1, 0.15) is 0 Å². The summed E-state index contributed by atoms with van der Waals surface area (Å²) in [7, 11) is 5.44. The standard InChI is InChI=1S/C19H23N7O2/c1-24-6-8-26(9-7-24)13-4-5-14(16(10-13)28-3)22-19-21-11-15-18(23-19)25(2)17(27)12-20-15/h4-5,10-12H,6-9H2,1-3H3,(H,21,22,23). The molecular formula is C19H23N7O2. The molecule has 1 N–H and O–H groups in total. The predicted octanol–water partition coefficient (Wildman–Crippen LogP) is 1.23. The van der Waals surface area contributed by atoms with Gasteiger partial charge in [0.15, 0.2) is 5.65 Å². The zero-order chi connectivity index (χ0) is 19.7. The van der Waals surface area contributed by atoms with Gasteiger partial charge >= 0.3 is 0 Å². The van der Waals surface area contributed by atoms with E-state index in [2.05, 4.69) is 43.2 Å². The second-order valence-electron chi connectivity index (χ2n) is 6.86. The van der Waals surface area contributed by atoms with Crippen LogP contribution in [-0.4, -0.2) is 64.8 Å². The summed E-state index contributed by atoms with van der Waals surface area (Å²) < 4.78 is 7.03. The third kappa shape index (κ3) is 3.48. The van der Waals surface area contributed by atoms with Crippen molar-refractivity contribution in [2.75, 3.05) is 50.6 Å². The number of aromatic nitrogens is 4. The molecule has 1 aromatic carbocycles. The fourth-order valence-electron chi connectivity index (χ4n) is 3.25. The molecule has 0 saturated carbocycles. The summed E-state index contributed by atoms with van der Waals surface area (Å²) >= 11 is 0. The molecule has 0 aliphatic carbocycles. The van der Waals surface area contributed by atoms with Gasteiger partial charge in [-0.25, -0.2) is 9.97 Å². The van der Waals surface area contributed by atoms with Gasteiger partial charge in [-0.1, -0.05) is 0 Å². The van der Waals surface area contributed by atoms with Crippen molar-refractivity contribution < 1.29 is 4.74 Å². The van der Waals surface area contributed by atoms with Crippen LogP contribution in [0.5, 0.6) is 5.75 Å². The van der Waals surface area contributed by atoms with Gasteiger partial charge in [0.2, 0.25) is 5.95 Å². The smallest absolute Gasteiger partial charge is 0.270 e. The van der Waals surface area contributed by atoms with Crippen molar-refractivity contribution in [3.63, 3.8) is 0 Å². The fraction of sp³-hybridized carbons (Fsp3) is 0.368. The van der Waals surface area contributed by atoms with Crippen LogP contribution in [0, 0.1) is 0 Å². The van der Waals surface area contributed by atoms with Crippen molar-refractivity contribution in [1.29, 1.82) is 0 Å². The highest BCUT2D eigenvalue weighted by Crippen LogP contribution is 2.31. The summed E-state index contributed by atoms with van der Waals surface area (Å²) in [6.45, 7) is 4.06. The molecule has 0 atom stereocenters. The normalized spacial score (nSPS) is 15.0. The number of methoxy groups -OCH3 is 1. The number of hydrogen-bond acceptors (Lipinski definition) is 8. The van der Waals surface area contributed by atoms with Crippen LogP contribution < -0.4 is 20.5 Å². The van der Waals surface area contributed by atoms with Crippen molar-refractivity contribution in [1.82, 2.24) is 24.4 Å². The summed E-state index contributed by atoms with van der Waals surface area (Å²) in [5, 5.41) is 3.18. The molecule has 3 aromatic rings. The Morgan fingerprint density at radius 3 is 2.61 bits per heavy atom. The maximum Gasteiger partial charge on any atom is 0.270 e. The molecule has 146 valence electrons. The lowest BCUT2D eigenvalue weighted by Crippen LogP contribution is -2.44. The molecule has 1 fully saturated rings. The first-order chi connectivity index (χ1) is 13.5. The van der Waals surface area contributed by atoms with Gasteiger partial charge in [0.25, 0.3) is 5.56 Å². The Kier molecular flexibility index (Phi) is 4.82. The van der Waals surface area contributed by atoms with Crippen LogP contribution >= 0.6 is 0 Å². The van der Waals surface area contributed by atoms with Gasteiger partial charge in [0.1, 0.15) is 11.3 Å². The van der Waals surface area contributed by atoms with Gasteiger partial charge in [0.05, 0.1) is 25.2 Å². The van der Waals surface area contributed by atoms with Crippen molar-refractivity contribution in [3.05, 3.63) is 40.9 Å². The van der Waals surface area contributed by atoms with Crippen LogP contribution in [0.3, 0.4) is 0 Å². The second-order valence-corrected chi connectivity index (χ2v) is 6.86. The van der Waals surface area contributed by atoms with E-state index in [1.54, 1.807) is 20.4 Å². The van der Waals surface area contributed by atoms with Crippen molar-refractivity contribution in [3.8, 4) is 5.75 Å². The minimum absolute atomic E-state index is 0.216. The maximum absolute atomic E-state index is 11.8. The van der Waals surface area contributed by atoms with E-state index in [4.69, 9.17) is 4.74 Å². The van der Waals surface area contributed by atoms with Gasteiger partial charge in [-0.3, -0.25) is 9.36 Å². The SMILES string of the molecule is COc1cc(N2CCN(C)CC2)ccc1Nc1ncc2ncc(=O)n(C)c2n1. The first kappa shape index (κ1) is 18.2. The molecule has 0 bridgehead atoms. The largest absolute Gasteiger partial charge is 0.494 e. The topological polar surface area (TPSA) is 88.4 Å². The number of nitrogens with zero attached hydrogens (tertiary/aromatic N) is 6. The van der Waals surface area contributed by atoms with Crippen molar-refractivity contribution in [2.45, 2.75) is 0 Å². The summed E-state index contributed by atoms with van der Waals surface area (Å²) in [6.07, 6.45) is 2.86. The molecule has 4 rings (SSSR count). The van der Waals surface area contributed by atoms with Crippen LogP contribution in [-0.2, 0) is 7.05 Å². The molecule has 0 amide bonds. The molecule has 0 unspecified atom stereocenters. The highest BCUT2D eigenvalue weighted by Gasteiger charge is 2.16. The van der Waals surface area contributed by atoms with Gasteiger partial charge in [0, 0.05) is 45.0 Å². The lowest BCUT2D eigenvalue weighted by molar-refractivity contribution is 0.312. The first-order valence-electron chi connectivity index (χ1n) is 9.12. The number of benzene rings is 1. The van der Waals surface area contributed by atoms with Crippen LogP contribution in [0.2, 0.25) is 0 Å². The van der Waals surface area contributed by atoms with Gasteiger partial charge < -0.3 is 19.9 Å². The molecule has 9 heteroatoms. The van der Waals surface area contributed by atoms with Crippen LogP contribution in [0.15, 0.2) is 35.4 Å². The molecule has 9 nitrogen and oxygen atoms in total. The first-order valence-corrected chi connectivity index (χ1v) is 9.12. The van der Waals surface area contributed by atoms with E-state index < -0.39 is 0 Å². The molecule has 28 heavy (non-hydrogen) atoms. The molecule has 1 aliphatic heterocycles. The Labute approximate surface area is 162 Å². The third-order valence-corrected chi connectivity index (χ3v) is 5.01. The Balaban J connectivity index is 1.61. The average molecular weight is 381 g/mol. The number of nitrogens with one attached hydrogen (secondary N) is 1. The van der Waals surface area contributed by atoms with Crippen molar-refractivity contribution in [2.24, 2.45) is 7.05 Å². The van der Waals surface area contributed by atoms with E-state index in [0.29, 0.717) is 22.9 Å². The van der Waals surface area contributed by atoms with Gasteiger partial charge in [-0.2, -0.15) is 4.98 Å². The quantitative estimate of drug-likeness (QED) is 0.722. The summed E-state index contributed by atoms with van der Waals surface area (Å²) in [4.78, 5) is 29.3. The zero-order valence-electron chi connectivity index (χ0n) is 16.2. The predicted molar refractivity (Wildman–Crippen MR) is 109 cm³/mol. The lowest BCUT2D eigenvalue weighted by atomic mass is 10.2. The Morgan fingerprint density at radius 1 is 1.07 bits per heavy atom. The maximum atomic E-state index is 11.8. The van der Waals surface area contributed by atoms with E-state index in [1.807, 2.05) is 12.1 Å². The Hall–Kier alpha value is -3.20. The molecule has 3 heterocycles. The molecular weight excluding hydrogens is 358 g/mol. The van der Waals surface area contributed by atoms with E-state index in [1.165, 1.54) is 10.8 Å². The fourth-order valence-corrected chi connectivity index (χ4v) is 3.25.